The first kappa shape index (κ1) is 11.1. The van der Waals surface area contributed by atoms with Crippen LogP contribution in [0, 0.1) is 0 Å². The normalized spacial score (nSPS) is 17.4. The van der Waals surface area contributed by atoms with Gasteiger partial charge in [-0.25, -0.2) is 0 Å². The van der Waals surface area contributed by atoms with Crippen LogP contribution in [0.2, 0.25) is 0 Å². The van der Waals surface area contributed by atoms with Gasteiger partial charge < -0.3 is 15.4 Å². The molecule has 0 saturated carbocycles. The van der Waals surface area contributed by atoms with E-state index < -0.39 is 0 Å². The van der Waals surface area contributed by atoms with Crippen molar-refractivity contribution in [2.45, 2.75) is 25.3 Å². The Bertz CT molecular complexity index is 357. The van der Waals surface area contributed by atoms with Gasteiger partial charge in [-0.15, -0.1) is 0 Å². The van der Waals surface area contributed by atoms with E-state index in [1.165, 1.54) is 5.69 Å². The highest BCUT2D eigenvalue weighted by atomic mass is 16.1. The molecule has 1 heterocycles. The summed E-state index contributed by atoms with van der Waals surface area (Å²) < 4.78 is 0. The van der Waals surface area contributed by atoms with Crippen LogP contribution in [0.5, 0.6) is 0 Å². The lowest BCUT2D eigenvalue weighted by Gasteiger charge is -2.33. The van der Waals surface area contributed by atoms with Crippen LogP contribution in [0.4, 0.5) is 5.69 Å². The third-order valence-corrected chi connectivity index (χ3v) is 3.18. The molecular weight excluding hydrogens is 200 g/mol. The third-order valence-electron chi connectivity index (χ3n) is 3.18. The average molecular weight is 218 g/mol. The smallest absolute Gasteiger partial charge is 0.124 e. The van der Waals surface area contributed by atoms with Crippen LogP contribution in [0.3, 0.4) is 0 Å². The van der Waals surface area contributed by atoms with Gasteiger partial charge in [-0.3, -0.25) is 0 Å². The van der Waals surface area contributed by atoms with Crippen LogP contribution >= 0.6 is 0 Å². The van der Waals surface area contributed by atoms with E-state index >= 15 is 0 Å². The molecule has 1 saturated heterocycles. The molecule has 0 amide bonds. The summed E-state index contributed by atoms with van der Waals surface area (Å²) in [6.45, 7) is 1.99. The van der Waals surface area contributed by atoms with E-state index in [4.69, 9.17) is 5.73 Å². The second-order valence-corrected chi connectivity index (χ2v) is 4.32. The van der Waals surface area contributed by atoms with Crippen molar-refractivity contribution in [1.29, 1.82) is 0 Å². The summed E-state index contributed by atoms with van der Waals surface area (Å²) in [5.74, 6) is 0. The van der Waals surface area contributed by atoms with Gasteiger partial charge in [0.2, 0.25) is 0 Å². The molecule has 0 aliphatic carbocycles. The Morgan fingerprint density at radius 1 is 1.31 bits per heavy atom. The van der Waals surface area contributed by atoms with Gasteiger partial charge in [0.15, 0.2) is 0 Å². The molecule has 2 N–H and O–H groups in total. The number of anilines is 1. The molecule has 1 aromatic rings. The van der Waals surface area contributed by atoms with Crippen LogP contribution in [0.15, 0.2) is 24.3 Å². The molecule has 1 fully saturated rings. The zero-order valence-corrected chi connectivity index (χ0v) is 9.43. The number of benzene rings is 1. The lowest BCUT2D eigenvalue weighted by Crippen LogP contribution is -2.40. The number of aldehydes is 1. The molecule has 0 bridgehead atoms. The molecule has 2 rings (SSSR count). The molecule has 0 spiro atoms. The zero-order valence-electron chi connectivity index (χ0n) is 9.43. The van der Waals surface area contributed by atoms with Crippen molar-refractivity contribution in [2.24, 2.45) is 5.73 Å². The number of nitrogens with two attached hydrogens (primary N) is 1. The molecule has 16 heavy (non-hydrogen) atoms. The highest BCUT2D eigenvalue weighted by Crippen LogP contribution is 2.23. The standard InChI is InChI=1S/C13H18N2O/c14-12-5-8-15(9-6-12)13-4-2-1-3-11(13)7-10-16/h1-4,10,12H,5-9,14H2. The van der Waals surface area contributed by atoms with E-state index in [0.717, 1.165) is 37.8 Å². The molecule has 86 valence electrons. The largest absolute Gasteiger partial charge is 0.371 e. The summed E-state index contributed by atoms with van der Waals surface area (Å²) in [5.41, 5.74) is 8.20. The van der Waals surface area contributed by atoms with Gasteiger partial charge >= 0.3 is 0 Å². The first-order valence-electron chi connectivity index (χ1n) is 5.83. The maximum Gasteiger partial charge on any atom is 0.124 e. The summed E-state index contributed by atoms with van der Waals surface area (Å²) in [6, 6.07) is 8.47. The molecule has 1 aromatic carbocycles. The van der Waals surface area contributed by atoms with Crippen molar-refractivity contribution in [3.63, 3.8) is 0 Å². The zero-order chi connectivity index (χ0) is 11.4. The summed E-state index contributed by atoms with van der Waals surface area (Å²) in [5, 5.41) is 0. The third kappa shape index (κ3) is 2.42. The predicted molar refractivity (Wildman–Crippen MR) is 65.6 cm³/mol. The minimum absolute atomic E-state index is 0.342. The van der Waals surface area contributed by atoms with Gasteiger partial charge in [-0.1, -0.05) is 18.2 Å². The summed E-state index contributed by atoms with van der Waals surface area (Å²) in [6.07, 6.45) is 3.54. The fourth-order valence-electron chi connectivity index (χ4n) is 2.22. The van der Waals surface area contributed by atoms with Crippen LogP contribution in [0.25, 0.3) is 0 Å². The van der Waals surface area contributed by atoms with Crippen molar-refractivity contribution < 1.29 is 4.79 Å². The fourth-order valence-corrected chi connectivity index (χ4v) is 2.22. The van der Waals surface area contributed by atoms with Crippen molar-refractivity contribution >= 4 is 12.0 Å². The van der Waals surface area contributed by atoms with Crippen LogP contribution in [-0.2, 0) is 11.2 Å². The first-order chi connectivity index (χ1) is 7.81. The summed E-state index contributed by atoms with van der Waals surface area (Å²) in [4.78, 5) is 13.0. The van der Waals surface area contributed by atoms with Crippen molar-refractivity contribution in [1.82, 2.24) is 0 Å². The molecule has 0 radical (unpaired) electrons. The number of hydrogen-bond donors (Lipinski definition) is 1. The minimum atomic E-state index is 0.342. The van der Waals surface area contributed by atoms with Crippen LogP contribution in [-0.4, -0.2) is 25.4 Å². The Kier molecular flexibility index (Phi) is 3.57. The van der Waals surface area contributed by atoms with Crippen molar-refractivity contribution in [2.75, 3.05) is 18.0 Å². The molecule has 1 aliphatic rings. The number of nitrogens with zero attached hydrogens (tertiary/aromatic N) is 1. The van der Waals surface area contributed by atoms with Crippen LogP contribution in [0.1, 0.15) is 18.4 Å². The van der Waals surface area contributed by atoms with Gasteiger partial charge in [0, 0.05) is 31.2 Å². The number of carbonyl (C=O) groups is 1. The predicted octanol–water partition coefficient (Wildman–Crippen LogP) is 1.36. The molecular formula is C13H18N2O. The SMILES string of the molecule is NC1CCN(c2ccccc2CC=O)CC1. The Morgan fingerprint density at radius 2 is 2.00 bits per heavy atom. The van der Waals surface area contributed by atoms with Crippen LogP contribution < -0.4 is 10.6 Å². The van der Waals surface area contributed by atoms with E-state index in [9.17, 15) is 4.79 Å². The Balaban J connectivity index is 2.16. The van der Waals surface area contributed by atoms with E-state index in [1.807, 2.05) is 18.2 Å². The lowest BCUT2D eigenvalue weighted by molar-refractivity contribution is -0.107. The molecule has 0 aromatic heterocycles. The Labute approximate surface area is 96.2 Å². The molecule has 0 atom stereocenters. The number of piperidine rings is 1. The molecule has 0 unspecified atom stereocenters. The number of hydrogen-bond acceptors (Lipinski definition) is 3. The number of rotatable bonds is 3. The molecule has 3 nitrogen and oxygen atoms in total. The van der Waals surface area contributed by atoms with Gasteiger partial charge in [0.25, 0.3) is 0 Å². The fraction of sp³-hybridized carbons (Fsp3) is 0.462. The number of para-hydroxylation sites is 1. The molecule has 3 heteroatoms. The Morgan fingerprint density at radius 3 is 2.69 bits per heavy atom. The van der Waals surface area contributed by atoms with E-state index in [2.05, 4.69) is 11.0 Å². The maximum atomic E-state index is 10.6. The quantitative estimate of drug-likeness (QED) is 0.779. The highest BCUT2D eigenvalue weighted by molar-refractivity contribution is 5.63. The van der Waals surface area contributed by atoms with Gasteiger partial charge in [-0.2, -0.15) is 0 Å². The second-order valence-electron chi connectivity index (χ2n) is 4.32. The van der Waals surface area contributed by atoms with E-state index in [1.54, 1.807) is 0 Å². The Hall–Kier alpha value is -1.35. The van der Waals surface area contributed by atoms with Crippen molar-refractivity contribution in [3.8, 4) is 0 Å². The maximum absolute atomic E-state index is 10.6. The van der Waals surface area contributed by atoms with E-state index in [0.29, 0.717) is 12.5 Å². The second kappa shape index (κ2) is 5.12. The number of carbonyl (C=O) groups excluding carboxylic acids is 1. The van der Waals surface area contributed by atoms with Crippen molar-refractivity contribution in [3.05, 3.63) is 29.8 Å². The lowest BCUT2D eigenvalue weighted by atomic mass is 10.0. The minimum Gasteiger partial charge on any atom is -0.371 e. The monoisotopic (exact) mass is 218 g/mol. The first-order valence-corrected chi connectivity index (χ1v) is 5.83. The van der Waals surface area contributed by atoms with Gasteiger partial charge in [0.05, 0.1) is 0 Å². The topological polar surface area (TPSA) is 46.3 Å². The average Bonchev–Trinajstić information content (AvgIpc) is 2.32. The summed E-state index contributed by atoms with van der Waals surface area (Å²) >= 11 is 0. The summed E-state index contributed by atoms with van der Waals surface area (Å²) in [7, 11) is 0. The van der Waals surface area contributed by atoms with Gasteiger partial charge in [-0.05, 0) is 24.5 Å². The van der Waals surface area contributed by atoms with Gasteiger partial charge in [0.1, 0.15) is 6.29 Å². The molecule has 1 aliphatic heterocycles. The van der Waals surface area contributed by atoms with E-state index in [-0.39, 0.29) is 0 Å². The highest BCUT2D eigenvalue weighted by Gasteiger charge is 2.17.